The Morgan fingerprint density at radius 2 is 1.35 bits per heavy atom. The third-order valence-corrected chi connectivity index (χ3v) is 7.16. The van der Waals surface area contributed by atoms with E-state index in [2.05, 4.69) is 11.9 Å². The molecule has 0 saturated heterocycles. The minimum absolute atomic E-state index is 0.342. The second-order valence-corrected chi connectivity index (χ2v) is 9.23. The Kier molecular flexibility index (Phi) is 9.31. The van der Waals surface area contributed by atoms with E-state index in [4.69, 9.17) is 22.9 Å². The lowest BCUT2D eigenvalue weighted by Crippen LogP contribution is -2.61. The highest BCUT2D eigenvalue weighted by Crippen LogP contribution is 2.51. The molecule has 3 aliphatic carbocycles. The molecule has 3 saturated carbocycles. The Balaban J connectivity index is 0.000000213. The van der Waals surface area contributed by atoms with Gasteiger partial charge in [0, 0.05) is 0 Å². The molecule has 0 aliphatic heterocycles. The summed E-state index contributed by atoms with van der Waals surface area (Å²) in [6, 6.07) is 0. The molecule has 5 nitrogen and oxygen atoms in total. The van der Waals surface area contributed by atoms with E-state index in [1.165, 1.54) is 51.4 Å². The number of hydrogen-bond donors (Lipinski definition) is 4. The predicted octanol–water partition coefficient (Wildman–Crippen LogP) is 2.23. The Labute approximate surface area is 161 Å². The zero-order valence-electron chi connectivity index (χ0n) is 17.2. The van der Waals surface area contributed by atoms with Crippen LogP contribution in [-0.4, -0.2) is 43.8 Å². The van der Waals surface area contributed by atoms with Crippen LogP contribution < -0.4 is 22.9 Å². The van der Waals surface area contributed by atoms with E-state index in [1.807, 2.05) is 0 Å². The van der Waals surface area contributed by atoms with Crippen LogP contribution in [0.2, 0.25) is 0 Å². The summed E-state index contributed by atoms with van der Waals surface area (Å²) in [5.41, 5.74) is 23.0. The van der Waals surface area contributed by atoms with Gasteiger partial charge in [-0.15, -0.1) is 0 Å². The van der Waals surface area contributed by atoms with E-state index in [0.717, 1.165) is 63.2 Å². The van der Waals surface area contributed by atoms with E-state index >= 15 is 0 Å². The van der Waals surface area contributed by atoms with Gasteiger partial charge in [0.2, 0.25) is 0 Å². The summed E-state index contributed by atoms with van der Waals surface area (Å²) in [5.74, 6) is 3.45. The lowest BCUT2D eigenvalue weighted by Gasteiger charge is -2.52. The molecule has 3 rings (SSSR count). The number of nitrogens with zero attached hydrogens (tertiary/aromatic N) is 1. The summed E-state index contributed by atoms with van der Waals surface area (Å²) in [6.45, 7) is 3.76. The molecule has 0 spiro atoms. The lowest BCUT2D eigenvalue weighted by atomic mass is 9.57. The van der Waals surface area contributed by atoms with Gasteiger partial charge in [-0.05, 0) is 102 Å². The van der Waals surface area contributed by atoms with Crippen molar-refractivity contribution in [1.29, 1.82) is 0 Å². The zero-order valence-corrected chi connectivity index (χ0v) is 17.2. The molecular weight excluding hydrogens is 322 g/mol. The molecule has 0 aromatic heterocycles. The van der Waals surface area contributed by atoms with Crippen LogP contribution in [0.25, 0.3) is 0 Å². The van der Waals surface area contributed by atoms with Gasteiger partial charge in [-0.3, -0.25) is 0 Å². The normalized spacial score (nSPS) is 33.0. The first-order chi connectivity index (χ1) is 12.5. The van der Waals surface area contributed by atoms with E-state index in [9.17, 15) is 0 Å². The van der Waals surface area contributed by atoms with Crippen molar-refractivity contribution in [3.05, 3.63) is 0 Å². The van der Waals surface area contributed by atoms with Gasteiger partial charge >= 0.3 is 0 Å². The van der Waals surface area contributed by atoms with Gasteiger partial charge < -0.3 is 27.8 Å². The maximum atomic E-state index is 6.33. The topological polar surface area (TPSA) is 107 Å². The average molecular weight is 368 g/mol. The second kappa shape index (κ2) is 11.0. The molecule has 0 radical (unpaired) electrons. The van der Waals surface area contributed by atoms with E-state index in [0.29, 0.717) is 5.92 Å². The first-order valence-corrected chi connectivity index (χ1v) is 11.1. The lowest BCUT2D eigenvalue weighted by molar-refractivity contribution is 0.00538. The quantitative estimate of drug-likeness (QED) is 0.539. The van der Waals surface area contributed by atoms with Crippen molar-refractivity contribution in [3.63, 3.8) is 0 Å². The van der Waals surface area contributed by atoms with Crippen LogP contribution in [0.3, 0.4) is 0 Å². The van der Waals surface area contributed by atoms with Crippen molar-refractivity contribution in [2.45, 2.75) is 76.3 Å². The predicted molar refractivity (Wildman–Crippen MR) is 111 cm³/mol. The van der Waals surface area contributed by atoms with Crippen LogP contribution in [0.4, 0.5) is 0 Å². The van der Waals surface area contributed by atoms with Crippen molar-refractivity contribution >= 4 is 0 Å². The smallest absolute Gasteiger partial charge is 0.0668 e. The SMILES string of the molecule is CN(CCCN)CCCN.NC1(N)CCCC2CC3CCCCC3CC21. The molecule has 0 bridgehead atoms. The minimum atomic E-state index is -0.342. The molecule has 4 unspecified atom stereocenters. The van der Waals surface area contributed by atoms with Crippen LogP contribution in [0.1, 0.15) is 70.6 Å². The molecule has 0 amide bonds. The summed E-state index contributed by atoms with van der Waals surface area (Å²) in [5, 5.41) is 0. The first kappa shape index (κ1) is 22.1. The molecule has 0 aromatic rings. The molecule has 3 aliphatic rings. The molecule has 26 heavy (non-hydrogen) atoms. The summed E-state index contributed by atoms with van der Waals surface area (Å²) in [7, 11) is 2.10. The van der Waals surface area contributed by atoms with E-state index in [1.54, 1.807) is 0 Å². The minimum Gasteiger partial charge on any atom is -0.330 e. The largest absolute Gasteiger partial charge is 0.330 e. The summed E-state index contributed by atoms with van der Waals surface area (Å²) < 4.78 is 0. The second-order valence-electron chi connectivity index (χ2n) is 9.23. The van der Waals surface area contributed by atoms with Crippen LogP contribution >= 0.6 is 0 Å². The Hall–Kier alpha value is -0.200. The molecule has 4 atom stereocenters. The highest BCUT2D eigenvalue weighted by atomic mass is 15.1. The molecule has 154 valence electrons. The number of rotatable bonds is 6. The maximum absolute atomic E-state index is 6.33. The third kappa shape index (κ3) is 6.45. The number of nitrogens with two attached hydrogens (primary N) is 4. The highest BCUT2D eigenvalue weighted by molar-refractivity contribution is 4.99. The van der Waals surface area contributed by atoms with Crippen LogP contribution in [0.15, 0.2) is 0 Å². The summed E-state index contributed by atoms with van der Waals surface area (Å²) in [6.07, 6.45) is 14.5. The Morgan fingerprint density at radius 3 is 1.92 bits per heavy atom. The summed E-state index contributed by atoms with van der Waals surface area (Å²) in [4.78, 5) is 2.26. The van der Waals surface area contributed by atoms with Gasteiger partial charge in [0.05, 0.1) is 5.66 Å². The van der Waals surface area contributed by atoms with Gasteiger partial charge in [-0.25, -0.2) is 0 Å². The van der Waals surface area contributed by atoms with Gasteiger partial charge in [0.25, 0.3) is 0 Å². The van der Waals surface area contributed by atoms with Crippen molar-refractivity contribution in [1.82, 2.24) is 4.90 Å². The van der Waals surface area contributed by atoms with Gasteiger partial charge in [0.15, 0.2) is 0 Å². The van der Waals surface area contributed by atoms with E-state index < -0.39 is 0 Å². The van der Waals surface area contributed by atoms with Gasteiger partial charge in [-0.2, -0.15) is 0 Å². The molecule has 0 aromatic carbocycles. The van der Waals surface area contributed by atoms with Crippen molar-refractivity contribution in [2.24, 2.45) is 46.6 Å². The fourth-order valence-corrected chi connectivity index (χ4v) is 5.64. The fourth-order valence-electron chi connectivity index (χ4n) is 5.64. The highest BCUT2D eigenvalue weighted by Gasteiger charge is 2.46. The average Bonchev–Trinajstić information content (AvgIpc) is 2.64. The van der Waals surface area contributed by atoms with Crippen molar-refractivity contribution in [2.75, 3.05) is 33.2 Å². The number of fused-ring (bicyclic) bond motifs is 2. The van der Waals surface area contributed by atoms with E-state index in [-0.39, 0.29) is 5.66 Å². The van der Waals surface area contributed by atoms with Crippen LogP contribution in [0.5, 0.6) is 0 Å². The van der Waals surface area contributed by atoms with Gasteiger partial charge in [-0.1, -0.05) is 25.7 Å². The third-order valence-electron chi connectivity index (χ3n) is 7.16. The van der Waals surface area contributed by atoms with Crippen LogP contribution in [0, 0.1) is 23.7 Å². The zero-order chi connectivity index (χ0) is 19.0. The van der Waals surface area contributed by atoms with Crippen LogP contribution in [-0.2, 0) is 0 Å². The Bertz CT molecular complexity index is 379. The number of hydrogen-bond acceptors (Lipinski definition) is 5. The standard InChI is InChI=1S/C14H26N2.C7H19N3/c15-14(16)7-3-6-12-8-10-4-1-2-5-11(10)9-13(12)14;1-10(6-2-4-8)7-3-5-9/h10-13H,1-9,15-16H2;2-9H2,1H3. The Morgan fingerprint density at radius 1 is 0.808 bits per heavy atom. The molecule has 0 heterocycles. The first-order valence-electron chi connectivity index (χ1n) is 11.1. The summed E-state index contributed by atoms with van der Waals surface area (Å²) >= 11 is 0. The monoisotopic (exact) mass is 367 g/mol. The molecule has 5 heteroatoms. The molecule has 3 fully saturated rings. The molecular formula is C21H45N5. The maximum Gasteiger partial charge on any atom is 0.0668 e. The fraction of sp³-hybridized carbons (Fsp3) is 1.00. The van der Waals surface area contributed by atoms with Crippen molar-refractivity contribution < 1.29 is 0 Å². The molecule has 8 N–H and O–H groups in total. The van der Waals surface area contributed by atoms with Crippen molar-refractivity contribution in [3.8, 4) is 0 Å². The van der Waals surface area contributed by atoms with Gasteiger partial charge in [0.1, 0.15) is 0 Å².